The average molecular weight is 575 g/mol. The van der Waals surface area contributed by atoms with E-state index < -0.39 is 0 Å². The summed E-state index contributed by atoms with van der Waals surface area (Å²) in [6.45, 7) is 2.19. The molecule has 0 aliphatic rings. The van der Waals surface area contributed by atoms with Crippen LogP contribution in [0.4, 0.5) is 0 Å². The minimum Gasteiger partial charge on any atom is -0.309 e. The second kappa shape index (κ2) is 10.1. The van der Waals surface area contributed by atoms with Gasteiger partial charge in [0, 0.05) is 32.9 Å². The van der Waals surface area contributed by atoms with E-state index in [-0.39, 0.29) is 0 Å². The van der Waals surface area contributed by atoms with Gasteiger partial charge in [0.1, 0.15) is 0 Å². The van der Waals surface area contributed by atoms with E-state index in [2.05, 4.69) is 180 Å². The fraction of sp³-hybridized carbons (Fsp3) is 0.0233. The highest BCUT2D eigenvalue weighted by molar-refractivity contribution is 6.12. The maximum absolute atomic E-state index is 2.42. The van der Waals surface area contributed by atoms with Crippen molar-refractivity contribution >= 4 is 43.6 Å². The number of benzene rings is 7. The van der Waals surface area contributed by atoms with Gasteiger partial charge in [-0.05, 0) is 89.3 Å². The zero-order chi connectivity index (χ0) is 29.9. The van der Waals surface area contributed by atoms with Crippen LogP contribution in [0.25, 0.3) is 77.2 Å². The highest BCUT2D eigenvalue weighted by atomic mass is 15.0. The van der Waals surface area contributed by atoms with Crippen LogP contribution in [-0.2, 0) is 0 Å². The first-order chi connectivity index (χ1) is 22.2. The summed E-state index contributed by atoms with van der Waals surface area (Å²) < 4.78 is 4.82. The van der Waals surface area contributed by atoms with Crippen molar-refractivity contribution in [2.24, 2.45) is 0 Å². The van der Waals surface area contributed by atoms with Crippen LogP contribution >= 0.6 is 0 Å². The number of nitrogens with zero attached hydrogens (tertiary/aromatic N) is 2. The average Bonchev–Trinajstić information content (AvgIpc) is 3.61. The smallest absolute Gasteiger partial charge is 0.0541 e. The summed E-state index contributed by atoms with van der Waals surface area (Å²) in [5.74, 6) is 0. The van der Waals surface area contributed by atoms with Crippen LogP contribution in [0.2, 0.25) is 0 Å². The van der Waals surface area contributed by atoms with Crippen molar-refractivity contribution in [3.8, 4) is 33.6 Å². The lowest BCUT2D eigenvalue weighted by molar-refractivity contribution is 1.15. The quantitative estimate of drug-likeness (QED) is 0.198. The number of para-hydroxylation sites is 3. The maximum Gasteiger partial charge on any atom is 0.0541 e. The van der Waals surface area contributed by atoms with Gasteiger partial charge in [-0.15, -0.1) is 0 Å². The molecule has 0 atom stereocenters. The fourth-order valence-corrected chi connectivity index (χ4v) is 7.11. The van der Waals surface area contributed by atoms with Gasteiger partial charge in [0.15, 0.2) is 0 Å². The molecule has 0 saturated heterocycles. The largest absolute Gasteiger partial charge is 0.309 e. The van der Waals surface area contributed by atoms with Gasteiger partial charge in [0.25, 0.3) is 0 Å². The molecule has 0 radical (unpaired) electrons. The van der Waals surface area contributed by atoms with Gasteiger partial charge in [0.05, 0.1) is 22.1 Å². The minimum atomic E-state index is 1.17. The van der Waals surface area contributed by atoms with Crippen LogP contribution in [0.3, 0.4) is 0 Å². The molecule has 2 nitrogen and oxygen atoms in total. The Labute approximate surface area is 262 Å². The second-order valence-corrected chi connectivity index (χ2v) is 11.9. The van der Waals surface area contributed by atoms with E-state index in [1.54, 1.807) is 0 Å². The van der Waals surface area contributed by atoms with E-state index in [4.69, 9.17) is 0 Å². The fourth-order valence-electron chi connectivity index (χ4n) is 7.11. The summed E-state index contributed by atoms with van der Waals surface area (Å²) in [4.78, 5) is 0. The summed E-state index contributed by atoms with van der Waals surface area (Å²) >= 11 is 0. The Balaban J connectivity index is 1.27. The molecular weight excluding hydrogens is 544 g/mol. The Bertz CT molecular complexity index is 2490. The molecule has 2 aromatic heterocycles. The topological polar surface area (TPSA) is 9.86 Å². The molecule has 9 aromatic rings. The lowest BCUT2D eigenvalue weighted by atomic mass is 10.00. The van der Waals surface area contributed by atoms with Crippen LogP contribution in [0, 0.1) is 6.92 Å². The number of aryl methyl sites for hydroxylation is 1. The van der Waals surface area contributed by atoms with Gasteiger partial charge in [0.2, 0.25) is 0 Å². The third-order valence-electron chi connectivity index (χ3n) is 9.25. The van der Waals surface area contributed by atoms with Crippen molar-refractivity contribution in [2.75, 3.05) is 0 Å². The molecule has 0 fully saturated rings. The van der Waals surface area contributed by atoms with Gasteiger partial charge in [-0.25, -0.2) is 0 Å². The lowest BCUT2D eigenvalue weighted by Crippen LogP contribution is -1.96. The van der Waals surface area contributed by atoms with E-state index >= 15 is 0 Å². The van der Waals surface area contributed by atoms with Crippen molar-refractivity contribution < 1.29 is 0 Å². The molecule has 7 aromatic carbocycles. The van der Waals surface area contributed by atoms with E-state index in [1.807, 2.05) is 0 Å². The van der Waals surface area contributed by atoms with Crippen LogP contribution in [0.15, 0.2) is 164 Å². The SMILES string of the molecule is Cc1ccccc1-n1c2ccc(-c3ccccc3)cc2c2cc(-c3cccc(-n4c5ccccc5c5ccccc54)c3)ccc21. The molecule has 0 N–H and O–H groups in total. The summed E-state index contributed by atoms with van der Waals surface area (Å²) in [6.07, 6.45) is 0. The molecule has 0 amide bonds. The molecule has 0 saturated carbocycles. The molecule has 0 aliphatic carbocycles. The maximum atomic E-state index is 2.42. The molecule has 0 bridgehead atoms. The highest BCUT2D eigenvalue weighted by Gasteiger charge is 2.17. The number of hydrogen-bond donors (Lipinski definition) is 0. The summed E-state index contributed by atoms with van der Waals surface area (Å²) in [5, 5.41) is 5.07. The summed E-state index contributed by atoms with van der Waals surface area (Å²) in [7, 11) is 0. The van der Waals surface area contributed by atoms with E-state index in [0.29, 0.717) is 0 Å². The molecule has 2 heterocycles. The molecule has 0 unspecified atom stereocenters. The molecular formula is C43H30N2. The monoisotopic (exact) mass is 574 g/mol. The van der Waals surface area contributed by atoms with Gasteiger partial charge >= 0.3 is 0 Å². The number of hydrogen-bond acceptors (Lipinski definition) is 0. The van der Waals surface area contributed by atoms with Gasteiger partial charge < -0.3 is 9.13 Å². The summed E-state index contributed by atoms with van der Waals surface area (Å²) in [5.41, 5.74) is 13.4. The van der Waals surface area contributed by atoms with E-state index in [9.17, 15) is 0 Å². The predicted molar refractivity (Wildman–Crippen MR) is 191 cm³/mol. The molecule has 45 heavy (non-hydrogen) atoms. The number of aromatic nitrogens is 2. The predicted octanol–water partition coefficient (Wildman–Crippen LogP) is 11.5. The number of fused-ring (bicyclic) bond motifs is 6. The van der Waals surface area contributed by atoms with Crippen LogP contribution in [0.5, 0.6) is 0 Å². The van der Waals surface area contributed by atoms with Gasteiger partial charge in [-0.2, -0.15) is 0 Å². The van der Waals surface area contributed by atoms with E-state index in [1.165, 1.54) is 82.8 Å². The van der Waals surface area contributed by atoms with Crippen molar-refractivity contribution in [1.82, 2.24) is 9.13 Å². The Morgan fingerprint density at radius 3 is 1.51 bits per heavy atom. The van der Waals surface area contributed by atoms with Crippen molar-refractivity contribution in [3.05, 3.63) is 169 Å². The Morgan fingerprint density at radius 1 is 0.333 bits per heavy atom. The number of rotatable bonds is 4. The second-order valence-electron chi connectivity index (χ2n) is 11.9. The zero-order valence-electron chi connectivity index (χ0n) is 25.0. The highest BCUT2D eigenvalue weighted by Crippen LogP contribution is 2.39. The van der Waals surface area contributed by atoms with Crippen molar-refractivity contribution in [2.45, 2.75) is 6.92 Å². The first kappa shape index (κ1) is 25.6. The van der Waals surface area contributed by atoms with Gasteiger partial charge in [-0.3, -0.25) is 0 Å². The van der Waals surface area contributed by atoms with Crippen LogP contribution in [-0.4, -0.2) is 9.13 Å². The summed E-state index contributed by atoms with van der Waals surface area (Å²) in [6, 6.07) is 59.5. The van der Waals surface area contributed by atoms with Crippen molar-refractivity contribution in [1.29, 1.82) is 0 Å². The molecule has 0 aliphatic heterocycles. The van der Waals surface area contributed by atoms with Gasteiger partial charge in [-0.1, -0.05) is 109 Å². The normalized spacial score (nSPS) is 11.7. The van der Waals surface area contributed by atoms with Crippen LogP contribution in [0.1, 0.15) is 5.56 Å². The molecule has 0 spiro atoms. The first-order valence-corrected chi connectivity index (χ1v) is 15.5. The zero-order valence-corrected chi connectivity index (χ0v) is 25.0. The Morgan fingerprint density at radius 2 is 0.844 bits per heavy atom. The first-order valence-electron chi connectivity index (χ1n) is 15.5. The minimum absolute atomic E-state index is 1.17. The third kappa shape index (κ3) is 4.03. The lowest BCUT2D eigenvalue weighted by Gasteiger charge is -2.12. The van der Waals surface area contributed by atoms with E-state index in [0.717, 1.165) is 0 Å². The molecule has 2 heteroatoms. The Hall–Kier alpha value is -5.86. The third-order valence-corrected chi connectivity index (χ3v) is 9.25. The van der Waals surface area contributed by atoms with Crippen LogP contribution < -0.4 is 0 Å². The Kier molecular flexibility index (Phi) is 5.76. The standard InChI is InChI=1S/C43H30N2/c1-29-12-5-8-19-39(29)45-42-24-22-32(30-13-3-2-4-14-30)27-37(42)38-28-33(23-25-43(38)45)31-15-11-16-34(26-31)44-40-20-9-6-17-35(40)36-18-7-10-21-41(36)44/h2-28H,1H3. The molecule has 9 rings (SSSR count). The van der Waals surface area contributed by atoms with Crippen molar-refractivity contribution in [3.63, 3.8) is 0 Å². The molecule has 212 valence electrons.